The average molecular weight is 230 g/mol. The van der Waals surface area contributed by atoms with Crippen molar-refractivity contribution in [2.45, 2.75) is 51.4 Å². The molecule has 2 unspecified atom stereocenters. The van der Waals surface area contributed by atoms with Gasteiger partial charge in [0.05, 0.1) is 17.8 Å². The van der Waals surface area contributed by atoms with E-state index in [2.05, 4.69) is 25.7 Å². The zero-order valence-electron chi connectivity index (χ0n) is 11.0. The van der Waals surface area contributed by atoms with E-state index in [0.717, 1.165) is 19.7 Å². The number of nitrogens with two attached hydrogens (primary N) is 1. The molecule has 1 rings (SSSR count). The molecule has 1 fully saturated rings. The summed E-state index contributed by atoms with van der Waals surface area (Å²) in [6, 6.07) is 0.335. The van der Waals surface area contributed by atoms with Crippen LogP contribution in [0.25, 0.3) is 0 Å². The fourth-order valence-corrected chi connectivity index (χ4v) is 2.28. The van der Waals surface area contributed by atoms with E-state index in [4.69, 9.17) is 10.5 Å². The van der Waals surface area contributed by atoms with Crippen LogP contribution in [0.2, 0.25) is 0 Å². The summed E-state index contributed by atoms with van der Waals surface area (Å²) in [7, 11) is 0. The molecule has 0 radical (unpaired) electrons. The predicted octanol–water partition coefficient (Wildman–Crippen LogP) is 0.586. The smallest absolute Gasteiger partial charge is 0.0756 e. The summed E-state index contributed by atoms with van der Waals surface area (Å²) in [5.41, 5.74) is 4.70. The standard InChI is InChI=1S/C12H26N2O2/c1-10(7-12(4,15)8-13)14-5-6-16-11(2,3)9-14/h10,15H,5-9,13H2,1-4H3. The van der Waals surface area contributed by atoms with Gasteiger partial charge in [0, 0.05) is 25.7 Å². The highest BCUT2D eigenvalue weighted by molar-refractivity contribution is 4.86. The lowest BCUT2D eigenvalue weighted by molar-refractivity contribution is -0.102. The van der Waals surface area contributed by atoms with Crippen LogP contribution in [0.15, 0.2) is 0 Å². The number of ether oxygens (including phenoxy) is 1. The van der Waals surface area contributed by atoms with Crippen LogP contribution in [0.1, 0.15) is 34.1 Å². The van der Waals surface area contributed by atoms with Gasteiger partial charge in [0.1, 0.15) is 0 Å². The molecule has 0 bridgehead atoms. The molecule has 0 saturated carbocycles. The molecular weight excluding hydrogens is 204 g/mol. The summed E-state index contributed by atoms with van der Waals surface area (Å²) in [6.45, 7) is 11.1. The summed E-state index contributed by atoms with van der Waals surface area (Å²) in [5.74, 6) is 0. The minimum Gasteiger partial charge on any atom is -0.389 e. The molecule has 96 valence electrons. The van der Waals surface area contributed by atoms with E-state index in [-0.39, 0.29) is 5.60 Å². The number of hydrogen-bond acceptors (Lipinski definition) is 4. The third-order valence-electron chi connectivity index (χ3n) is 3.25. The first-order valence-corrected chi connectivity index (χ1v) is 6.06. The Hall–Kier alpha value is -0.160. The molecule has 0 amide bonds. The molecule has 0 spiro atoms. The summed E-state index contributed by atoms with van der Waals surface area (Å²) < 4.78 is 5.67. The predicted molar refractivity (Wildman–Crippen MR) is 65.4 cm³/mol. The Kier molecular flexibility index (Phi) is 4.35. The van der Waals surface area contributed by atoms with Crippen molar-refractivity contribution in [2.24, 2.45) is 5.73 Å². The van der Waals surface area contributed by atoms with Gasteiger partial charge in [0.25, 0.3) is 0 Å². The van der Waals surface area contributed by atoms with Crippen LogP contribution in [0.3, 0.4) is 0 Å². The van der Waals surface area contributed by atoms with Gasteiger partial charge in [-0.1, -0.05) is 0 Å². The molecular formula is C12H26N2O2. The van der Waals surface area contributed by atoms with E-state index in [9.17, 15) is 5.11 Å². The van der Waals surface area contributed by atoms with Crippen molar-refractivity contribution in [2.75, 3.05) is 26.2 Å². The number of morpholine rings is 1. The maximum atomic E-state index is 9.97. The number of nitrogens with zero attached hydrogens (tertiary/aromatic N) is 1. The fourth-order valence-electron chi connectivity index (χ4n) is 2.28. The Labute approximate surface area is 98.8 Å². The molecule has 0 aliphatic carbocycles. The Bertz CT molecular complexity index is 229. The van der Waals surface area contributed by atoms with E-state index < -0.39 is 5.60 Å². The molecule has 0 aromatic heterocycles. The van der Waals surface area contributed by atoms with Crippen molar-refractivity contribution in [3.05, 3.63) is 0 Å². The van der Waals surface area contributed by atoms with Gasteiger partial charge in [0.15, 0.2) is 0 Å². The van der Waals surface area contributed by atoms with Crippen LogP contribution >= 0.6 is 0 Å². The fraction of sp³-hybridized carbons (Fsp3) is 1.00. The van der Waals surface area contributed by atoms with Gasteiger partial charge in [-0.25, -0.2) is 0 Å². The van der Waals surface area contributed by atoms with Crippen LogP contribution in [-0.4, -0.2) is 53.5 Å². The SMILES string of the molecule is CC(CC(C)(O)CN)N1CCOC(C)(C)C1. The average Bonchev–Trinajstić information content (AvgIpc) is 2.15. The first-order valence-electron chi connectivity index (χ1n) is 6.06. The van der Waals surface area contributed by atoms with E-state index in [1.807, 2.05) is 0 Å². The van der Waals surface area contributed by atoms with Gasteiger partial charge >= 0.3 is 0 Å². The van der Waals surface area contributed by atoms with Gasteiger partial charge in [-0.05, 0) is 34.1 Å². The van der Waals surface area contributed by atoms with E-state index in [1.165, 1.54) is 0 Å². The van der Waals surface area contributed by atoms with Gasteiger partial charge in [-0.15, -0.1) is 0 Å². The van der Waals surface area contributed by atoms with Crippen molar-refractivity contribution in [3.8, 4) is 0 Å². The van der Waals surface area contributed by atoms with Crippen LogP contribution in [0.4, 0.5) is 0 Å². The minimum absolute atomic E-state index is 0.0823. The lowest BCUT2D eigenvalue weighted by Crippen LogP contribution is -2.53. The van der Waals surface area contributed by atoms with Crippen LogP contribution < -0.4 is 5.73 Å². The Morgan fingerprint density at radius 3 is 2.69 bits per heavy atom. The van der Waals surface area contributed by atoms with Gasteiger partial charge in [0.2, 0.25) is 0 Å². The minimum atomic E-state index is -0.762. The molecule has 16 heavy (non-hydrogen) atoms. The highest BCUT2D eigenvalue weighted by atomic mass is 16.5. The highest BCUT2D eigenvalue weighted by Crippen LogP contribution is 2.22. The third kappa shape index (κ3) is 4.01. The third-order valence-corrected chi connectivity index (χ3v) is 3.25. The summed E-state index contributed by atoms with van der Waals surface area (Å²) in [6.07, 6.45) is 0.708. The molecule has 0 aromatic rings. The second-order valence-electron chi connectivity index (χ2n) is 5.83. The number of aliphatic hydroxyl groups is 1. The number of hydrogen-bond donors (Lipinski definition) is 2. The van der Waals surface area contributed by atoms with Crippen LogP contribution in [-0.2, 0) is 4.74 Å². The molecule has 1 aliphatic rings. The zero-order chi connectivity index (χ0) is 12.4. The molecule has 4 heteroatoms. The summed E-state index contributed by atoms with van der Waals surface area (Å²) >= 11 is 0. The topological polar surface area (TPSA) is 58.7 Å². The van der Waals surface area contributed by atoms with E-state index in [1.54, 1.807) is 6.92 Å². The maximum absolute atomic E-state index is 9.97. The largest absolute Gasteiger partial charge is 0.389 e. The first kappa shape index (κ1) is 13.9. The monoisotopic (exact) mass is 230 g/mol. The van der Waals surface area contributed by atoms with Gasteiger partial charge < -0.3 is 15.6 Å². The summed E-state index contributed by atoms with van der Waals surface area (Å²) in [5, 5.41) is 9.97. The highest BCUT2D eigenvalue weighted by Gasteiger charge is 2.32. The molecule has 1 saturated heterocycles. The lowest BCUT2D eigenvalue weighted by atomic mass is 9.95. The molecule has 4 nitrogen and oxygen atoms in total. The maximum Gasteiger partial charge on any atom is 0.0756 e. The summed E-state index contributed by atoms with van der Waals surface area (Å²) in [4.78, 5) is 2.37. The molecule has 0 aromatic carbocycles. The van der Waals surface area contributed by atoms with Crippen molar-refractivity contribution >= 4 is 0 Å². The van der Waals surface area contributed by atoms with E-state index in [0.29, 0.717) is 19.0 Å². The van der Waals surface area contributed by atoms with E-state index >= 15 is 0 Å². The van der Waals surface area contributed by atoms with Crippen molar-refractivity contribution in [1.82, 2.24) is 4.90 Å². The Balaban J connectivity index is 2.51. The van der Waals surface area contributed by atoms with Crippen LogP contribution in [0.5, 0.6) is 0 Å². The Morgan fingerprint density at radius 2 is 2.19 bits per heavy atom. The Morgan fingerprint density at radius 1 is 1.56 bits per heavy atom. The molecule has 2 atom stereocenters. The van der Waals surface area contributed by atoms with Crippen molar-refractivity contribution < 1.29 is 9.84 Å². The second-order valence-corrected chi connectivity index (χ2v) is 5.83. The van der Waals surface area contributed by atoms with Crippen molar-refractivity contribution in [3.63, 3.8) is 0 Å². The quantitative estimate of drug-likeness (QED) is 0.742. The molecule has 3 N–H and O–H groups in total. The number of rotatable bonds is 4. The molecule has 1 heterocycles. The normalized spacial score (nSPS) is 27.4. The first-order chi connectivity index (χ1) is 7.26. The van der Waals surface area contributed by atoms with Gasteiger partial charge in [-0.3, -0.25) is 4.90 Å². The zero-order valence-corrected chi connectivity index (χ0v) is 11.0. The van der Waals surface area contributed by atoms with Crippen molar-refractivity contribution in [1.29, 1.82) is 0 Å². The lowest BCUT2D eigenvalue weighted by Gasteiger charge is -2.42. The van der Waals surface area contributed by atoms with Crippen LogP contribution in [0, 0.1) is 0 Å². The second kappa shape index (κ2) is 5.00. The van der Waals surface area contributed by atoms with Gasteiger partial charge in [-0.2, -0.15) is 0 Å². The molecule has 1 aliphatic heterocycles.